The van der Waals surface area contributed by atoms with Crippen LogP contribution in [0.25, 0.3) is 0 Å². The fraction of sp³-hybridized carbons (Fsp3) is 0.760. The molecular formula is C25H40O3. The van der Waals surface area contributed by atoms with Crippen molar-refractivity contribution in [3.63, 3.8) is 0 Å². The lowest BCUT2D eigenvalue weighted by atomic mass is 9.61. The van der Waals surface area contributed by atoms with Crippen molar-refractivity contribution in [1.29, 1.82) is 0 Å². The molecular weight excluding hydrogens is 348 g/mol. The molecule has 3 N–H and O–H groups in total. The lowest BCUT2D eigenvalue weighted by Crippen LogP contribution is -2.35. The highest BCUT2D eigenvalue weighted by Crippen LogP contribution is 2.59. The number of aliphatic hydroxyl groups excluding tert-OH is 3. The summed E-state index contributed by atoms with van der Waals surface area (Å²) in [4.78, 5) is 0. The first-order valence-corrected chi connectivity index (χ1v) is 11.5. The first kappa shape index (κ1) is 21.8. The number of aliphatic hydroxyl groups is 3. The number of rotatable bonds is 5. The van der Waals surface area contributed by atoms with Crippen molar-refractivity contribution in [2.75, 3.05) is 6.61 Å². The second-order valence-corrected chi connectivity index (χ2v) is 9.70. The van der Waals surface area contributed by atoms with Gasteiger partial charge in [-0.2, -0.15) is 0 Å². The summed E-state index contributed by atoms with van der Waals surface area (Å²) in [7, 11) is 0. The molecule has 0 aliphatic heterocycles. The van der Waals surface area contributed by atoms with E-state index in [1.165, 1.54) is 38.5 Å². The van der Waals surface area contributed by atoms with E-state index >= 15 is 0 Å². The Hall–Kier alpha value is -0.900. The van der Waals surface area contributed by atoms with Gasteiger partial charge >= 0.3 is 0 Å². The zero-order valence-electron chi connectivity index (χ0n) is 18.0. The molecule has 0 bridgehead atoms. The minimum atomic E-state index is -0.627. The van der Waals surface area contributed by atoms with E-state index in [1.807, 2.05) is 0 Å². The Kier molecular flexibility index (Phi) is 7.22. The van der Waals surface area contributed by atoms with Gasteiger partial charge in [0.2, 0.25) is 0 Å². The van der Waals surface area contributed by atoms with Gasteiger partial charge in [-0.15, -0.1) is 0 Å². The molecule has 0 aromatic carbocycles. The molecule has 2 unspecified atom stereocenters. The average molecular weight is 389 g/mol. The Balaban J connectivity index is 1.74. The molecule has 0 heterocycles. The van der Waals surface area contributed by atoms with E-state index in [4.69, 9.17) is 5.11 Å². The summed E-state index contributed by atoms with van der Waals surface area (Å²) in [6, 6.07) is 0. The molecule has 0 aromatic rings. The topological polar surface area (TPSA) is 60.7 Å². The first-order valence-electron chi connectivity index (χ1n) is 11.5. The fourth-order valence-corrected chi connectivity index (χ4v) is 6.40. The van der Waals surface area contributed by atoms with Gasteiger partial charge in [0.1, 0.15) is 0 Å². The number of hydrogen-bond acceptors (Lipinski definition) is 3. The van der Waals surface area contributed by atoms with Crippen LogP contribution in [0.1, 0.15) is 78.6 Å². The smallest absolute Gasteiger partial charge is 0.0812 e. The summed E-state index contributed by atoms with van der Waals surface area (Å²) >= 11 is 0. The third kappa shape index (κ3) is 4.32. The Morgan fingerprint density at radius 1 is 1.14 bits per heavy atom. The first-order chi connectivity index (χ1) is 13.4. The lowest BCUT2D eigenvalue weighted by Gasteiger charge is -2.44. The molecule has 6 atom stereocenters. The molecule has 3 aliphatic carbocycles. The zero-order valence-corrected chi connectivity index (χ0v) is 18.0. The van der Waals surface area contributed by atoms with Crippen molar-refractivity contribution in [3.05, 3.63) is 34.9 Å². The van der Waals surface area contributed by atoms with Crippen LogP contribution in [0.15, 0.2) is 34.9 Å². The molecule has 0 aromatic heterocycles. The summed E-state index contributed by atoms with van der Waals surface area (Å²) in [5.41, 5.74) is 3.86. The van der Waals surface area contributed by atoms with Crippen LogP contribution in [-0.2, 0) is 0 Å². The van der Waals surface area contributed by atoms with Gasteiger partial charge in [-0.25, -0.2) is 0 Å². The third-order valence-corrected chi connectivity index (χ3v) is 8.09. The quantitative estimate of drug-likeness (QED) is 0.586. The van der Waals surface area contributed by atoms with Crippen LogP contribution in [0.3, 0.4) is 0 Å². The maximum atomic E-state index is 10.4. The summed E-state index contributed by atoms with van der Waals surface area (Å²) in [5, 5.41) is 29.8. The highest BCUT2D eigenvalue weighted by Gasteiger charge is 2.50. The van der Waals surface area contributed by atoms with Crippen molar-refractivity contribution >= 4 is 0 Å². The minimum absolute atomic E-state index is 0.0511. The van der Waals surface area contributed by atoms with Crippen molar-refractivity contribution in [2.24, 2.45) is 23.2 Å². The third-order valence-electron chi connectivity index (χ3n) is 8.09. The van der Waals surface area contributed by atoms with Gasteiger partial charge in [-0.05, 0) is 80.1 Å². The Morgan fingerprint density at radius 2 is 1.86 bits per heavy atom. The van der Waals surface area contributed by atoms with Gasteiger partial charge in [0.25, 0.3) is 0 Å². The fourth-order valence-electron chi connectivity index (χ4n) is 6.40. The molecule has 3 rings (SSSR count). The van der Waals surface area contributed by atoms with Gasteiger partial charge in [-0.3, -0.25) is 0 Å². The Bertz CT molecular complexity index is 616. The zero-order chi connectivity index (χ0) is 20.3. The van der Waals surface area contributed by atoms with E-state index in [0.717, 1.165) is 17.4 Å². The standard InChI is InChI=1S/C25H40O3/c1-4-17(2)21-11-12-22-19(7-5-13-25(21,22)3)10-9-18-15-23(27)20(8-6-14-26)24(28)16-18/h8-10,17,21-24,26-28H,4-7,11-16H2,1-3H3/b18-9?,19-10-,20-8?/t17-,21?,22?,23-,24-,25-/m1/s1. The summed E-state index contributed by atoms with van der Waals surface area (Å²) < 4.78 is 0. The molecule has 3 aliphatic rings. The second kappa shape index (κ2) is 9.28. The molecule has 3 fully saturated rings. The van der Waals surface area contributed by atoms with E-state index in [-0.39, 0.29) is 6.61 Å². The maximum absolute atomic E-state index is 10.4. The molecule has 3 heteroatoms. The normalized spacial score (nSPS) is 38.4. The number of allylic oxidation sites excluding steroid dienone is 3. The molecule has 28 heavy (non-hydrogen) atoms. The lowest BCUT2D eigenvalue weighted by molar-refractivity contribution is 0.0961. The predicted molar refractivity (Wildman–Crippen MR) is 115 cm³/mol. The van der Waals surface area contributed by atoms with Gasteiger partial charge in [0, 0.05) is 6.61 Å². The van der Waals surface area contributed by atoms with Gasteiger partial charge in [-0.1, -0.05) is 56.6 Å². The van der Waals surface area contributed by atoms with Gasteiger partial charge in [0.05, 0.1) is 12.2 Å². The van der Waals surface area contributed by atoms with Crippen LogP contribution in [-0.4, -0.2) is 34.1 Å². The van der Waals surface area contributed by atoms with Crippen molar-refractivity contribution in [2.45, 2.75) is 90.8 Å². The minimum Gasteiger partial charge on any atom is -0.396 e. The highest BCUT2D eigenvalue weighted by atomic mass is 16.3. The van der Waals surface area contributed by atoms with Gasteiger partial charge in [0.15, 0.2) is 0 Å². The van der Waals surface area contributed by atoms with E-state index in [0.29, 0.717) is 36.2 Å². The van der Waals surface area contributed by atoms with Crippen LogP contribution in [0.5, 0.6) is 0 Å². The predicted octanol–water partition coefficient (Wildman–Crippen LogP) is 4.93. The molecule has 3 saturated carbocycles. The second-order valence-electron chi connectivity index (χ2n) is 9.70. The average Bonchev–Trinajstić information content (AvgIpc) is 3.02. The Labute approximate surface area is 171 Å². The SMILES string of the molecule is CC[C@@H](C)C1CCC2/C(=C\C=C3C[C@@H](O)C(=CCCO)[C@H](O)C3)CCC[C@@]21C. The highest BCUT2D eigenvalue weighted by molar-refractivity contribution is 5.30. The van der Waals surface area contributed by atoms with Crippen LogP contribution < -0.4 is 0 Å². The van der Waals surface area contributed by atoms with E-state index < -0.39 is 12.2 Å². The number of fused-ring (bicyclic) bond motifs is 1. The van der Waals surface area contributed by atoms with Crippen molar-refractivity contribution < 1.29 is 15.3 Å². The largest absolute Gasteiger partial charge is 0.396 e. The van der Waals surface area contributed by atoms with Crippen LogP contribution in [0.2, 0.25) is 0 Å². The molecule has 0 amide bonds. The molecule has 0 saturated heterocycles. The monoisotopic (exact) mass is 388 g/mol. The van der Waals surface area contributed by atoms with Crippen molar-refractivity contribution in [3.8, 4) is 0 Å². The van der Waals surface area contributed by atoms with Crippen LogP contribution >= 0.6 is 0 Å². The molecule has 0 radical (unpaired) electrons. The maximum Gasteiger partial charge on any atom is 0.0812 e. The molecule has 0 spiro atoms. The van der Waals surface area contributed by atoms with E-state index in [2.05, 4.69) is 32.9 Å². The van der Waals surface area contributed by atoms with Gasteiger partial charge < -0.3 is 15.3 Å². The summed E-state index contributed by atoms with van der Waals surface area (Å²) in [5.74, 6) is 2.35. The van der Waals surface area contributed by atoms with E-state index in [1.54, 1.807) is 11.6 Å². The van der Waals surface area contributed by atoms with Crippen LogP contribution in [0, 0.1) is 23.2 Å². The van der Waals surface area contributed by atoms with Crippen molar-refractivity contribution in [1.82, 2.24) is 0 Å². The van der Waals surface area contributed by atoms with Crippen LogP contribution in [0.4, 0.5) is 0 Å². The summed E-state index contributed by atoms with van der Waals surface area (Å²) in [6.07, 6.45) is 14.5. The van der Waals surface area contributed by atoms with E-state index in [9.17, 15) is 10.2 Å². The summed E-state index contributed by atoms with van der Waals surface area (Å²) in [6.45, 7) is 7.35. The molecule has 3 nitrogen and oxygen atoms in total. The number of hydrogen-bond donors (Lipinski definition) is 3. The Morgan fingerprint density at radius 3 is 2.50 bits per heavy atom. The molecule has 158 valence electrons.